The molecule has 0 bridgehead atoms. The van der Waals surface area contributed by atoms with Gasteiger partial charge in [0.2, 0.25) is 5.91 Å². The fraction of sp³-hybridized carbons (Fsp3) is 0.312. The first-order valence-electron chi connectivity index (χ1n) is 6.68. The van der Waals surface area contributed by atoms with Gasteiger partial charge in [0.25, 0.3) is 0 Å². The Kier molecular flexibility index (Phi) is 4.58. The highest BCUT2D eigenvalue weighted by Crippen LogP contribution is 2.24. The molecule has 1 amide bonds. The maximum absolute atomic E-state index is 11.7. The van der Waals surface area contributed by atoms with Gasteiger partial charge in [-0.2, -0.15) is 0 Å². The van der Waals surface area contributed by atoms with Crippen molar-refractivity contribution < 1.29 is 14.3 Å². The number of hydrogen-bond donors (Lipinski definition) is 2. The van der Waals surface area contributed by atoms with Crippen molar-refractivity contribution in [2.45, 2.75) is 26.9 Å². The van der Waals surface area contributed by atoms with Gasteiger partial charge in [-0.25, -0.2) is 0 Å². The van der Waals surface area contributed by atoms with E-state index in [2.05, 4.69) is 5.32 Å². The maximum atomic E-state index is 11.7. The lowest BCUT2D eigenvalue weighted by Crippen LogP contribution is -2.13. The lowest BCUT2D eigenvalue weighted by atomic mass is 10.1. The summed E-state index contributed by atoms with van der Waals surface area (Å²) >= 11 is 0. The van der Waals surface area contributed by atoms with E-state index in [9.17, 15) is 4.79 Å². The van der Waals surface area contributed by atoms with Gasteiger partial charge in [-0.1, -0.05) is 13.8 Å². The Labute approximate surface area is 118 Å². The van der Waals surface area contributed by atoms with Gasteiger partial charge in [-0.3, -0.25) is 4.79 Å². The standard InChI is InChI=1S/C16H19NO3/c1-11(2)9-16(19)17-13-5-3-12(4-6-13)15-8-7-14(10-18)20-15/h3-8,11,18H,9-10H2,1-2H3,(H,17,19). The normalized spacial score (nSPS) is 10.8. The molecule has 4 nitrogen and oxygen atoms in total. The zero-order valence-corrected chi connectivity index (χ0v) is 11.7. The Morgan fingerprint density at radius 3 is 2.45 bits per heavy atom. The Morgan fingerprint density at radius 1 is 1.20 bits per heavy atom. The van der Waals surface area contributed by atoms with Crippen LogP contribution in [0.25, 0.3) is 11.3 Å². The summed E-state index contributed by atoms with van der Waals surface area (Å²) in [5, 5.41) is 11.8. The van der Waals surface area contributed by atoms with Crippen molar-refractivity contribution in [1.82, 2.24) is 0 Å². The van der Waals surface area contributed by atoms with Gasteiger partial charge in [-0.15, -0.1) is 0 Å². The van der Waals surface area contributed by atoms with Crippen LogP contribution in [0, 0.1) is 5.92 Å². The van der Waals surface area contributed by atoms with Crippen LogP contribution in [0.4, 0.5) is 5.69 Å². The minimum Gasteiger partial charge on any atom is -0.459 e. The minimum atomic E-state index is -0.108. The first-order chi connectivity index (χ1) is 9.58. The molecule has 0 spiro atoms. The molecule has 1 aromatic heterocycles. The number of furan rings is 1. The molecule has 2 rings (SSSR count). The molecule has 0 saturated heterocycles. The largest absolute Gasteiger partial charge is 0.459 e. The molecule has 0 saturated carbocycles. The third-order valence-electron chi connectivity index (χ3n) is 2.86. The SMILES string of the molecule is CC(C)CC(=O)Nc1ccc(-c2ccc(CO)o2)cc1. The highest BCUT2D eigenvalue weighted by atomic mass is 16.4. The lowest BCUT2D eigenvalue weighted by Gasteiger charge is -2.07. The van der Waals surface area contributed by atoms with Crippen molar-refractivity contribution >= 4 is 11.6 Å². The molecule has 4 heteroatoms. The van der Waals surface area contributed by atoms with Gasteiger partial charge in [-0.05, 0) is 42.3 Å². The van der Waals surface area contributed by atoms with E-state index in [0.29, 0.717) is 23.9 Å². The second kappa shape index (κ2) is 6.39. The summed E-state index contributed by atoms with van der Waals surface area (Å²) in [6.07, 6.45) is 0.514. The van der Waals surface area contributed by atoms with Gasteiger partial charge >= 0.3 is 0 Å². The molecule has 0 aliphatic rings. The van der Waals surface area contributed by atoms with E-state index in [1.54, 1.807) is 6.07 Å². The van der Waals surface area contributed by atoms with Crippen LogP contribution in [-0.4, -0.2) is 11.0 Å². The van der Waals surface area contributed by atoms with Crippen molar-refractivity contribution in [1.29, 1.82) is 0 Å². The van der Waals surface area contributed by atoms with Crippen LogP contribution in [0.1, 0.15) is 26.0 Å². The van der Waals surface area contributed by atoms with E-state index in [-0.39, 0.29) is 12.5 Å². The molecule has 20 heavy (non-hydrogen) atoms. The summed E-state index contributed by atoms with van der Waals surface area (Å²) in [5.41, 5.74) is 1.68. The van der Waals surface area contributed by atoms with E-state index in [4.69, 9.17) is 9.52 Å². The predicted octanol–water partition coefficient (Wildman–Crippen LogP) is 3.42. The minimum absolute atomic E-state index is 0.0216. The van der Waals surface area contributed by atoms with Crippen molar-refractivity contribution in [2.75, 3.05) is 5.32 Å². The molecule has 0 atom stereocenters. The van der Waals surface area contributed by atoms with Crippen LogP contribution < -0.4 is 5.32 Å². The Bertz CT molecular complexity index is 570. The Hall–Kier alpha value is -2.07. The van der Waals surface area contributed by atoms with Crippen LogP contribution in [0.2, 0.25) is 0 Å². The monoisotopic (exact) mass is 273 g/mol. The molecule has 0 aliphatic heterocycles. The topological polar surface area (TPSA) is 62.5 Å². The second-order valence-corrected chi connectivity index (χ2v) is 5.15. The highest BCUT2D eigenvalue weighted by Gasteiger charge is 2.07. The van der Waals surface area contributed by atoms with Crippen LogP contribution in [0.3, 0.4) is 0 Å². The average Bonchev–Trinajstić information content (AvgIpc) is 2.87. The molecule has 0 radical (unpaired) electrons. The average molecular weight is 273 g/mol. The summed E-state index contributed by atoms with van der Waals surface area (Å²) in [4.78, 5) is 11.7. The van der Waals surface area contributed by atoms with Crippen LogP contribution >= 0.6 is 0 Å². The molecule has 0 fully saturated rings. The number of aliphatic hydroxyl groups excluding tert-OH is 1. The van der Waals surface area contributed by atoms with Crippen molar-refractivity contribution in [3.63, 3.8) is 0 Å². The summed E-state index contributed by atoms with van der Waals surface area (Å²) < 4.78 is 5.46. The third-order valence-corrected chi connectivity index (χ3v) is 2.86. The number of carbonyl (C=O) groups is 1. The molecule has 1 heterocycles. The first-order valence-corrected chi connectivity index (χ1v) is 6.68. The van der Waals surface area contributed by atoms with Gasteiger partial charge in [0.1, 0.15) is 18.1 Å². The number of benzene rings is 1. The van der Waals surface area contributed by atoms with E-state index in [1.807, 2.05) is 44.2 Å². The third kappa shape index (κ3) is 3.71. The summed E-state index contributed by atoms with van der Waals surface area (Å²) in [6, 6.07) is 11.0. The molecule has 0 aliphatic carbocycles. The predicted molar refractivity (Wildman–Crippen MR) is 78.2 cm³/mol. The quantitative estimate of drug-likeness (QED) is 0.877. The Balaban J connectivity index is 2.04. The molecule has 0 unspecified atom stereocenters. The van der Waals surface area contributed by atoms with Crippen LogP contribution in [0.5, 0.6) is 0 Å². The van der Waals surface area contributed by atoms with Gasteiger partial charge in [0, 0.05) is 17.7 Å². The molecule has 1 aromatic carbocycles. The highest BCUT2D eigenvalue weighted by molar-refractivity contribution is 5.91. The number of anilines is 1. The fourth-order valence-electron chi connectivity index (χ4n) is 1.92. The van der Waals surface area contributed by atoms with E-state index in [1.165, 1.54) is 0 Å². The van der Waals surface area contributed by atoms with Gasteiger partial charge < -0.3 is 14.8 Å². The van der Waals surface area contributed by atoms with Gasteiger partial charge in [0.15, 0.2) is 0 Å². The number of amides is 1. The van der Waals surface area contributed by atoms with Crippen molar-refractivity contribution in [2.24, 2.45) is 5.92 Å². The van der Waals surface area contributed by atoms with Crippen molar-refractivity contribution in [3.05, 3.63) is 42.2 Å². The number of hydrogen-bond acceptors (Lipinski definition) is 3. The molecule has 2 aromatic rings. The number of aliphatic hydroxyl groups is 1. The smallest absolute Gasteiger partial charge is 0.224 e. The summed E-state index contributed by atoms with van der Waals surface area (Å²) in [6.45, 7) is 3.92. The maximum Gasteiger partial charge on any atom is 0.224 e. The number of rotatable bonds is 5. The second-order valence-electron chi connectivity index (χ2n) is 5.15. The lowest BCUT2D eigenvalue weighted by molar-refractivity contribution is -0.116. The van der Waals surface area contributed by atoms with Crippen molar-refractivity contribution in [3.8, 4) is 11.3 Å². The zero-order chi connectivity index (χ0) is 14.5. The van der Waals surface area contributed by atoms with E-state index < -0.39 is 0 Å². The Morgan fingerprint density at radius 2 is 1.90 bits per heavy atom. The zero-order valence-electron chi connectivity index (χ0n) is 11.7. The van der Waals surface area contributed by atoms with E-state index >= 15 is 0 Å². The summed E-state index contributed by atoms with van der Waals surface area (Å²) in [5.74, 6) is 1.60. The first kappa shape index (κ1) is 14.3. The van der Waals surface area contributed by atoms with E-state index in [0.717, 1.165) is 11.3 Å². The van der Waals surface area contributed by atoms with Gasteiger partial charge in [0.05, 0.1) is 0 Å². The molecular formula is C16H19NO3. The molecular weight excluding hydrogens is 254 g/mol. The molecule has 106 valence electrons. The van der Waals surface area contributed by atoms with Crippen LogP contribution in [0.15, 0.2) is 40.8 Å². The number of nitrogens with one attached hydrogen (secondary N) is 1. The van der Waals surface area contributed by atoms with Crippen LogP contribution in [-0.2, 0) is 11.4 Å². The number of carbonyl (C=O) groups excluding carboxylic acids is 1. The molecule has 2 N–H and O–H groups in total. The fourth-order valence-corrected chi connectivity index (χ4v) is 1.92. The summed E-state index contributed by atoms with van der Waals surface area (Å²) in [7, 11) is 0.